The van der Waals surface area contributed by atoms with Crippen molar-refractivity contribution in [3.63, 3.8) is 0 Å². The molecule has 2 rings (SSSR count). The first kappa shape index (κ1) is 11.9. The zero-order valence-corrected chi connectivity index (χ0v) is 11.9. The van der Waals surface area contributed by atoms with Crippen molar-refractivity contribution < 1.29 is 5.11 Å². The van der Waals surface area contributed by atoms with E-state index in [-0.39, 0.29) is 6.10 Å². The highest BCUT2D eigenvalue weighted by molar-refractivity contribution is 14.1. The fourth-order valence-corrected chi connectivity index (χ4v) is 3.92. The Morgan fingerprint density at radius 2 is 2.33 bits per heavy atom. The maximum Gasteiger partial charge on any atom is 0.0826 e. The molecular formula is C12H17IOS. The summed E-state index contributed by atoms with van der Waals surface area (Å²) in [5.74, 6) is 1.27. The lowest BCUT2D eigenvalue weighted by atomic mass is 9.78. The van der Waals surface area contributed by atoms with E-state index in [1.807, 2.05) is 0 Å². The summed E-state index contributed by atoms with van der Waals surface area (Å²) in [5, 5.41) is 12.4. The van der Waals surface area contributed by atoms with Gasteiger partial charge in [-0.1, -0.05) is 19.8 Å². The summed E-state index contributed by atoms with van der Waals surface area (Å²) in [7, 11) is 0. The molecule has 15 heavy (non-hydrogen) atoms. The molecule has 1 aliphatic carbocycles. The van der Waals surface area contributed by atoms with E-state index in [2.05, 4.69) is 41.0 Å². The molecule has 1 heterocycles. The van der Waals surface area contributed by atoms with Gasteiger partial charge in [-0.15, -0.1) is 11.3 Å². The summed E-state index contributed by atoms with van der Waals surface area (Å²) < 4.78 is 1.27. The largest absolute Gasteiger partial charge is 0.388 e. The van der Waals surface area contributed by atoms with E-state index >= 15 is 0 Å². The van der Waals surface area contributed by atoms with Crippen molar-refractivity contribution in [2.75, 3.05) is 0 Å². The second-order valence-electron chi connectivity index (χ2n) is 4.66. The van der Waals surface area contributed by atoms with Crippen molar-refractivity contribution in [2.45, 2.75) is 38.7 Å². The lowest BCUT2D eigenvalue weighted by molar-refractivity contribution is 0.0717. The second kappa shape index (κ2) is 5.15. The van der Waals surface area contributed by atoms with Crippen LogP contribution in [0.2, 0.25) is 0 Å². The number of aliphatic hydroxyl groups excluding tert-OH is 1. The Morgan fingerprint density at radius 3 is 2.93 bits per heavy atom. The Hall–Kier alpha value is 0.390. The van der Waals surface area contributed by atoms with E-state index in [1.54, 1.807) is 11.3 Å². The molecular weight excluding hydrogens is 319 g/mol. The Balaban J connectivity index is 2.03. The third-order valence-electron chi connectivity index (χ3n) is 3.35. The van der Waals surface area contributed by atoms with E-state index in [0.717, 1.165) is 11.5 Å². The highest BCUT2D eigenvalue weighted by Crippen LogP contribution is 2.38. The van der Waals surface area contributed by atoms with E-state index < -0.39 is 0 Å². The number of thiophene rings is 1. The molecule has 0 saturated heterocycles. The third-order valence-corrected chi connectivity index (χ3v) is 5.16. The van der Waals surface area contributed by atoms with E-state index in [4.69, 9.17) is 0 Å². The van der Waals surface area contributed by atoms with Gasteiger partial charge in [0.1, 0.15) is 0 Å². The molecule has 3 unspecified atom stereocenters. The topological polar surface area (TPSA) is 20.2 Å². The maximum atomic E-state index is 10.3. The van der Waals surface area contributed by atoms with Crippen LogP contribution in [0.3, 0.4) is 0 Å². The molecule has 1 fully saturated rings. The van der Waals surface area contributed by atoms with Crippen LogP contribution in [0.1, 0.15) is 44.3 Å². The van der Waals surface area contributed by atoms with Crippen molar-refractivity contribution >= 4 is 33.9 Å². The summed E-state index contributed by atoms with van der Waals surface area (Å²) in [5.41, 5.74) is 1.13. The summed E-state index contributed by atoms with van der Waals surface area (Å²) in [6.45, 7) is 2.30. The van der Waals surface area contributed by atoms with Crippen molar-refractivity contribution in [3.8, 4) is 0 Å². The number of halogens is 1. The van der Waals surface area contributed by atoms with Gasteiger partial charge < -0.3 is 5.11 Å². The van der Waals surface area contributed by atoms with Crippen LogP contribution in [-0.2, 0) is 0 Å². The quantitative estimate of drug-likeness (QED) is 0.802. The lowest BCUT2D eigenvalue weighted by Crippen LogP contribution is -2.19. The fourth-order valence-electron chi connectivity index (χ4n) is 2.52. The highest BCUT2D eigenvalue weighted by atomic mass is 127. The van der Waals surface area contributed by atoms with Gasteiger partial charge in [-0.05, 0) is 64.3 Å². The van der Waals surface area contributed by atoms with Crippen LogP contribution in [0.5, 0.6) is 0 Å². The van der Waals surface area contributed by atoms with Gasteiger partial charge in [0.25, 0.3) is 0 Å². The first-order valence-electron chi connectivity index (χ1n) is 5.59. The normalized spacial score (nSPS) is 29.0. The lowest BCUT2D eigenvalue weighted by Gasteiger charge is -2.30. The molecule has 0 amide bonds. The maximum absolute atomic E-state index is 10.3. The first-order valence-corrected chi connectivity index (χ1v) is 7.54. The zero-order valence-electron chi connectivity index (χ0n) is 8.95. The summed E-state index contributed by atoms with van der Waals surface area (Å²) in [6, 6.07) is 2.12. The fraction of sp³-hybridized carbons (Fsp3) is 0.667. The van der Waals surface area contributed by atoms with Crippen molar-refractivity contribution in [1.82, 2.24) is 0 Å². The van der Waals surface area contributed by atoms with E-state index in [1.165, 1.54) is 28.6 Å². The standard InChI is InChI=1S/C12H17IOS/c1-8-3-2-4-9(5-8)12(14)10-6-11(13)15-7-10/h6-9,12,14H,2-5H2,1H3. The van der Waals surface area contributed by atoms with Crippen LogP contribution >= 0.6 is 33.9 Å². The van der Waals surface area contributed by atoms with Gasteiger partial charge in [-0.3, -0.25) is 0 Å². The molecule has 3 atom stereocenters. The van der Waals surface area contributed by atoms with Crippen molar-refractivity contribution in [1.29, 1.82) is 0 Å². The molecule has 1 aliphatic rings. The molecule has 1 aromatic heterocycles. The van der Waals surface area contributed by atoms with Gasteiger partial charge in [-0.2, -0.15) is 0 Å². The highest BCUT2D eigenvalue weighted by Gasteiger charge is 2.26. The molecule has 0 aliphatic heterocycles. The molecule has 0 bridgehead atoms. The van der Waals surface area contributed by atoms with Gasteiger partial charge >= 0.3 is 0 Å². The van der Waals surface area contributed by atoms with Gasteiger partial charge in [0, 0.05) is 0 Å². The predicted molar refractivity (Wildman–Crippen MR) is 73.1 cm³/mol. The zero-order chi connectivity index (χ0) is 10.8. The summed E-state index contributed by atoms with van der Waals surface area (Å²) in [6.07, 6.45) is 4.77. The average Bonchev–Trinajstić information content (AvgIpc) is 2.64. The molecule has 3 heteroatoms. The van der Waals surface area contributed by atoms with Crippen LogP contribution in [-0.4, -0.2) is 5.11 Å². The Bertz CT molecular complexity index is 323. The number of aliphatic hydroxyl groups is 1. The molecule has 1 N–H and O–H groups in total. The SMILES string of the molecule is CC1CCCC(C(O)c2csc(I)c2)C1. The predicted octanol–water partition coefficient (Wildman–Crippen LogP) is 4.21. The van der Waals surface area contributed by atoms with Gasteiger partial charge in [0.2, 0.25) is 0 Å². The molecule has 1 aromatic rings. The third kappa shape index (κ3) is 2.94. The van der Waals surface area contributed by atoms with Gasteiger partial charge in [0.05, 0.1) is 8.99 Å². The number of hydrogen-bond donors (Lipinski definition) is 1. The number of hydrogen-bond acceptors (Lipinski definition) is 2. The van der Waals surface area contributed by atoms with Gasteiger partial charge in [0.15, 0.2) is 0 Å². The van der Waals surface area contributed by atoms with Crippen LogP contribution in [0, 0.1) is 14.7 Å². The smallest absolute Gasteiger partial charge is 0.0826 e. The van der Waals surface area contributed by atoms with Crippen LogP contribution in [0.15, 0.2) is 11.4 Å². The second-order valence-corrected chi connectivity index (χ2v) is 7.47. The minimum Gasteiger partial charge on any atom is -0.388 e. The monoisotopic (exact) mass is 336 g/mol. The molecule has 1 saturated carbocycles. The average molecular weight is 336 g/mol. The number of rotatable bonds is 2. The van der Waals surface area contributed by atoms with Gasteiger partial charge in [-0.25, -0.2) is 0 Å². The molecule has 1 nitrogen and oxygen atoms in total. The van der Waals surface area contributed by atoms with E-state index in [9.17, 15) is 5.11 Å². The van der Waals surface area contributed by atoms with Crippen LogP contribution in [0.4, 0.5) is 0 Å². The van der Waals surface area contributed by atoms with E-state index in [0.29, 0.717) is 5.92 Å². The molecule has 0 aromatic carbocycles. The van der Waals surface area contributed by atoms with Crippen molar-refractivity contribution in [3.05, 3.63) is 19.9 Å². The Kier molecular flexibility index (Phi) is 4.07. The first-order chi connectivity index (χ1) is 7.16. The minimum absolute atomic E-state index is 0.229. The Labute approximate surface area is 109 Å². The van der Waals surface area contributed by atoms with Crippen LogP contribution in [0.25, 0.3) is 0 Å². The minimum atomic E-state index is -0.229. The molecule has 84 valence electrons. The van der Waals surface area contributed by atoms with Crippen molar-refractivity contribution in [2.24, 2.45) is 11.8 Å². The molecule has 0 spiro atoms. The summed E-state index contributed by atoms with van der Waals surface area (Å²) in [4.78, 5) is 0. The Morgan fingerprint density at radius 1 is 1.53 bits per heavy atom. The molecule has 0 radical (unpaired) electrons. The van der Waals surface area contributed by atoms with Crippen LogP contribution < -0.4 is 0 Å². The summed E-state index contributed by atoms with van der Waals surface area (Å²) >= 11 is 4.04.